The lowest BCUT2D eigenvalue weighted by Crippen LogP contribution is -2.51. The molecule has 0 saturated carbocycles. The first-order valence-corrected chi connectivity index (χ1v) is 9.40. The van der Waals surface area contributed by atoms with Crippen molar-refractivity contribution in [1.29, 1.82) is 0 Å². The number of amides is 2. The Morgan fingerprint density at radius 1 is 1.24 bits per heavy atom. The number of imidazole rings is 1. The number of carbonyl (C=O) groups is 1. The van der Waals surface area contributed by atoms with Crippen LogP contribution in [0.15, 0.2) is 42.0 Å². The molecule has 0 aliphatic carbocycles. The van der Waals surface area contributed by atoms with E-state index in [1.807, 2.05) is 51.3 Å². The van der Waals surface area contributed by atoms with E-state index in [0.717, 1.165) is 34.5 Å². The van der Waals surface area contributed by atoms with Crippen molar-refractivity contribution >= 4 is 39.6 Å². The molecule has 2 aromatic heterocycles. The van der Waals surface area contributed by atoms with Crippen LogP contribution in [-0.2, 0) is 6.54 Å². The number of carbonyl (C=O) groups excluding carboxylic acids is 1. The van der Waals surface area contributed by atoms with Gasteiger partial charge in [0.25, 0.3) is 0 Å². The Morgan fingerprint density at radius 3 is 2.80 bits per heavy atom. The van der Waals surface area contributed by atoms with Crippen molar-refractivity contribution in [2.75, 3.05) is 31.1 Å². The summed E-state index contributed by atoms with van der Waals surface area (Å²) in [6.45, 7) is 3.34. The molecule has 6 nitrogen and oxygen atoms in total. The van der Waals surface area contributed by atoms with Crippen LogP contribution in [0.1, 0.15) is 5.69 Å². The summed E-state index contributed by atoms with van der Waals surface area (Å²) in [6.07, 6.45) is 3.91. The molecule has 1 aliphatic rings. The van der Waals surface area contributed by atoms with Crippen LogP contribution in [0.3, 0.4) is 0 Å². The third-order valence-electron chi connectivity index (χ3n) is 4.32. The zero-order valence-corrected chi connectivity index (χ0v) is 15.1. The summed E-state index contributed by atoms with van der Waals surface area (Å²) in [5, 5.41) is 5.70. The topological polar surface area (TPSA) is 52.9 Å². The van der Waals surface area contributed by atoms with E-state index in [1.165, 1.54) is 0 Å². The van der Waals surface area contributed by atoms with Crippen molar-refractivity contribution in [1.82, 2.24) is 19.6 Å². The number of hydrogen-bond donors (Lipinski definition) is 1. The number of anilines is 1. The maximum absolute atomic E-state index is 12.4. The van der Waals surface area contributed by atoms with E-state index in [2.05, 4.69) is 15.2 Å². The quantitative estimate of drug-likeness (QED) is 0.765. The van der Waals surface area contributed by atoms with E-state index in [-0.39, 0.29) is 6.03 Å². The van der Waals surface area contributed by atoms with E-state index in [1.54, 1.807) is 11.3 Å². The van der Waals surface area contributed by atoms with Crippen molar-refractivity contribution in [3.05, 3.63) is 52.8 Å². The molecule has 8 heteroatoms. The molecular formula is C17H18ClN5OS. The molecule has 0 bridgehead atoms. The highest BCUT2D eigenvalue weighted by Gasteiger charge is 2.22. The number of nitrogens with zero attached hydrogens (tertiary/aromatic N) is 4. The van der Waals surface area contributed by atoms with Crippen molar-refractivity contribution in [2.45, 2.75) is 6.54 Å². The SMILES string of the molecule is O=C(NCc1cn2ccsc2n1)N1CCN(c2ccccc2Cl)CC1. The van der Waals surface area contributed by atoms with Gasteiger partial charge in [-0.1, -0.05) is 23.7 Å². The van der Waals surface area contributed by atoms with Crippen molar-refractivity contribution < 1.29 is 4.79 Å². The van der Waals surface area contributed by atoms with Crippen LogP contribution in [0.2, 0.25) is 5.02 Å². The maximum Gasteiger partial charge on any atom is 0.317 e. The van der Waals surface area contributed by atoms with Crippen molar-refractivity contribution in [2.24, 2.45) is 0 Å². The van der Waals surface area contributed by atoms with E-state index in [0.29, 0.717) is 19.6 Å². The molecule has 25 heavy (non-hydrogen) atoms. The zero-order chi connectivity index (χ0) is 17.2. The summed E-state index contributed by atoms with van der Waals surface area (Å²) in [6, 6.07) is 7.77. The second kappa shape index (κ2) is 6.93. The summed E-state index contributed by atoms with van der Waals surface area (Å²) < 4.78 is 1.97. The zero-order valence-electron chi connectivity index (χ0n) is 13.6. The average molecular weight is 376 g/mol. The number of urea groups is 1. The number of aromatic nitrogens is 2. The molecule has 1 fully saturated rings. The third kappa shape index (κ3) is 3.43. The first-order chi connectivity index (χ1) is 12.2. The number of halogens is 1. The van der Waals surface area contributed by atoms with Gasteiger partial charge in [0, 0.05) is 44.0 Å². The van der Waals surface area contributed by atoms with Gasteiger partial charge < -0.3 is 15.1 Å². The fourth-order valence-electron chi connectivity index (χ4n) is 3.00. The summed E-state index contributed by atoms with van der Waals surface area (Å²) in [5.41, 5.74) is 1.90. The van der Waals surface area contributed by atoms with Gasteiger partial charge in [0.2, 0.25) is 0 Å². The van der Waals surface area contributed by atoms with Gasteiger partial charge in [-0.2, -0.15) is 0 Å². The van der Waals surface area contributed by atoms with Crippen LogP contribution in [-0.4, -0.2) is 46.5 Å². The largest absolute Gasteiger partial charge is 0.367 e. The molecule has 0 radical (unpaired) electrons. The molecule has 3 heterocycles. The molecule has 0 spiro atoms. The summed E-state index contributed by atoms with van der Waals surface area (Å²) in [4.78, 5) is 21.8. The Bertz CT molecular complexity index is 855. The minimum atomic E-state index is -0.0461. The van der Waals surface area contributed by atoms with Crippen LogP contribution in [0.5, 0.6) is 0 Å². The highest BCUT2D eigenvalue weighted by molar-refractivity contribution is 7.15. The number of benzene rings is 1. The average Bonchev–Trinajstić information content (AvgIpc) is 3.22. The predicted octanol–water partition coefficient (Wildman–Crippen LogP) is 3.08. The minimum Gasteiger partial charge on any atom is -0.367 e. The monoisotopic (exact) mass is 375 g/mol. The van der Waals surface area contributed by atoms with E-state index < -0.39 is 0 Å². The van der Waals surface area contributed by atoms with Crippen LogP contribution in [0.4, 0.5) is 10.5 Å². The van der Waals surface area contributed by atoms with Gasteiger partial charge in [-0.15, -0.1) is 11.3 Å². The molecule has 0 atom stereocenters. The van der Waals surface area contributed by atoms with Gasteiger partial charge in [0.05, 0.1) is 22.9 Å². The lowest BCUT2D eigenvalue weighted by Gasteiger charge is -2.36. The molecule has 130 valence electrons. The fraction of sp³-hybridized carbons (Fsp3) is 0.294. The number of fused-ring (bicyclic) bond motifs is 1. The highest BCUT2D eigenvalue weighted by atomic mass is 35.5. The van der Waals surface area contributed by atoms with E-state index in [9.17, 15) is 4.79 Å². The van der Waals surface area contributed by atoms with Gasteiger partial charge in [-0.25, -0.2) is 9.78 Å². The van der Waals surface area contributed by atoms with Gasteiger partial charge in [-0.3, -0.25) is 4.40 Å². The number of piperazine rings is 1. The van der Waals surface area contributed by atoms with E-state index >= 15 is 0 Å². The highest BCUT2D eigenvalue weighted by Crippen LogP contribution is 2.26. The number of hydrogen-bond acceptors (Lipinski definition) is 4. The fourth-order valence-corrected chi connectivity index (χ4v) is 3.97. The first-order valence-electron chi connectivity index (χ1n) is 8.14. The van der Waals surface area contributed by atoms with Crippen LogP contribution >= 0.6 is 22.9 Å². The second-order valence-electron chi connectivity index (χ2n) is 5.91. The lowest BCUT2D eigenvalue weighted by molar-refractivity contribution is 0.194. The summed E-state index contributed by atoms with van der Waals surface area (Å²) in [7, 11) is 0. The molecular weight excluding hydrogens is 358 g/mol. The molecule has 1 aliphatic heterocycles. The minimum absolute atomic E-state index is 0.0461. The lowest BCUT2D eigenvalue weighted by atomic mass is 10.2. The van der Waals surface area contributed by atoms with Crippen molar-refractivity contribution in [3.63, 3.8) is 0 Å². The van der Waals surface area contributed by atoms with Gasteiger partial charge in [0.1, 0.15) is 0 Å². The predicted molar refractivity (Wildman–Crippen MR) is 101 cm³/mol. The van der Waals surface area contributed by atoms with E-state index in [4.69, 9.17) is 11.6 Å². The number of rotatable bonds is 3. The molecule has 1 aromatic carbocycles. The van der Waals surface area contributed by atoms with Gasteiger partial charge >= 0.3 is 6.03 Å². The van der Waals surface area contributed by atoms with Gasteiger partial charge in [-0.05, 0) is 12.1 Å². The Kier molecular flexibility index (Phi) is 4.50. The standard InChI is InChI=1S/C17H18ClN5OS/c18-14-3-1-2-4-15(14)21-5-7-22(8-6-21)16(24)19-11-13-12-23-9-10-25-17(23)20-13/h1-4,9-10,12H,5-8,11H2,(H,19,24). The molecule has 1 saturated heterocycles. The van der Waals surface area contributed by atoms with Crippen LogP contribution in [0.25, 0.3) is 4.96 Å². The van der Waals surface area contributed by atoms with Crippen LogP contribution < -0.4 is 10.2 Å². The molecule has 4 rings (SSSR count). The Labute approximate surface area is 154 Å². The number of nitrogens with one attached hydrogen (secondary N) is 1. The van der Waals surface area contributed by atoms with Gasteiger partial charge in [0.15, 0.2) is 4.96 Å². The third-order valence-corrected chi connectivity index (χ3v) is 5.41. The number of thiazole rings is 1. The van der Waals surface area contributed by atoms with Crippen molar-refractivity contribution in [3.8, 4) is 0 Å². The Morgan fingerprint density at radius 2 is 2.04 bits per heavy atom. The summed E-state index contributed by atoms with van der Waals surface area (Å²) in [5.74, 6) is 0. The number of para-hydroxylation sites is 1. The molecule has 0 unspecified atom stereocenters. The van der Waals surface area contributed by atoms with Crippen LogP contribution in [0, 0.1) is 0 Å². The maximum atomic E-state index is 12.4. The Hall–Kier alpha value is -2.25. The molecule has 1 N–H and O–H groups in total. The summed E-state index contributed by atoms with van der Waals surface area (Å²) >= 11 is 7.84. The smallest absolute Gasteiger partial charge is 0.317 e. The first kappa shape index (κ1) is 16.2. The second-order valence-corrected chi connectivity index (χ2v) is 7.19. The molecule has 3 aromatic rings. The normalized spacial score (nSPS) is 14.9. The Balaban J connectivity index is 1.30. The molecule has 2 amide bonds.